The highest BCUT2D eigenvalue weighted by Crippen LogP contribution is 2.34. The van der Waals surface area contributed by atoms with Crippen molar-refractivity contribution in [2.24, 2.45) is 5.92 Å². The zero-order chi connectivity index (χ0) is 12.8. The molecular weight excluding hydrogens is 238 g/mol. The molecule has 0 aromatic heterocycles. The Hall–Kier alpha value is -0.710. The topological polar surface area (TPSA) is 66.4 Å². The Morgan fingerprint density at radius 2 is 2.12 bits per heavy atom. The Balaban J connectivity index is 2.31. The number of nitrogens with one attached hydrogen (secondary N) is 1. The second-order valence-corrected chi connectivity index (χ2v) is 5.99. The normalized spacial score (nSPS) is 28.0. The molecule has 0 spiro atoms. The molecule has 2 N–H and O–H groups in total. The summed E-state index contributed by atoms with van der Waals surface area (Å²) in [7, 11) is 0. The van der Waals surface area contributed by atoms with Crippen molar-refractivity contribution in [1.82, 2.24) is 5.32 Å². The van der Waals surface area contributed by atoms with E-state index in [1.165, 1.54) is 0 Å². The van der Waals surface area contributed by atoms with E-state index in [4.69, 9.17) is 5.11 Å². The van der Waals surface area contributed by atoms with Crippen LogP contribution in [0.1, 0.15) is 39.5 Å². The molecule has 1 rings (SSSR count). The van der Waals surface area contributed by atoms with Gasteiger partial charge in [-0.1, -0.05) is 13.3 Å². The SMILES string of the molecule is CC(=O)NC1C(C)CSC1CCCCC(=O)O. The summed E-state index contributed by atoms with van der Waals surface area (Å²) >= 11 is 1.90. The number of thioether (sulfide) groups is 1. The number of carboxylic acids is 1. The Bertz CT molecular complexity index is 283. The molecule has 0 radical (unpaired) electrons. The number of hydrogen-bond donors (Lipinski definition) is 2. The van der Waals surface area contributed by atoms with Gasteiger partial charge in [-0.25, -0.2) is 0 Å². The minimum absolute atomic E-state index is 0.0277. The van der Waals surface area contributed by atoms with Crippen LogP contribution in [0.25, 0.3) is 0 Å². The van der Waals surface area contributed by atoms with Gasteiger partial charge in [0, 0.05) is 24.6 Å². The van der Waals surface area contributed by atoms with Crippen molar-refractivity contribution in [1.29, 1.82) is 0 Å². The van der Waals surface area contributed by atoms with Gasteiger partial charge in [0.1, 0.15) is 0 Å². The smallest absolute Gasteiger partial charge is 0.303 e. The summed E-state index contributed by atoms with van der Waals surface area (Å²) in [4.78, 5) is 21.5. The lowest BCUT2D eigenvalue weighted by Gasteiger charge is -2.22. The zero-order valence-electron chi connectivity index (χ0n) is 10.4. The van der Waals surface area contributed by atoms with Gasteiger partial charge in [-0.3, -0.25) is 9.59 Å². The molecule has 0 aromatic carbocycles. The first-order chi connectivity index (χ1) is 8.00. The number of carbonyl (C=O) groups excluding carboxylic acids is 1. The van der Waals surface area contributed by atoms with Crippen LogP contribution < -0.4 is 5.32 Å². The van der Waals surface area contributed by atoms with Crippen LogP contribution >= 0.6 is 11.8 Å². The summed E-state index contributed by atoms with van der Waals surface area (Å²) in [6.45, 7) is 3.71. The fourth-order valence-electron chi connectivity index (χ4n) is 2.20. The third kappa shape index (κ3) is 4.98. The molecule has 1 saturated heterocycles. The lowest BCUT2D eigenvalue weighted by atomic mass is 9.97. The number of carboxylic acid groups (broad SMARTS) is 1. The fourth-order valence-corrected chi connectivity index (χ4v) is 3.84. The Morgan fingerprint density at radius 1 is 1.41 bits per heavy atom. The predicted molar refractivity (Wildman–Crippen MR) is 69.1 cm³/mol. The fraction of sp³-hybridized carbons (Fsp3) is 0.833. The maximum absolute atomic E-state index is 11.1. The van der Waals surface area contributed by atoms with Crippen molar-refractivity contribution < 1.29 is 14.7 Å². The lowest BCUT2D eigenvalue weighted by molar-refractivity contribution is -0.137. The van der Waals surface area contributed by atoms with E-state index in [0.29, 0.717) is 11.2 Å². The van der Waals surface area contributed by atoms with Crippen molar-refractivity contribution in [2.45, 2.75) is 50.8 Å². The van der Waals surface area contributed by atoms with Crippen molar-refractivity contribution >= 4 is 23.6 Å². The summed E-state index contributed by atoms with van der Waals surface area (Å²) in [5, 5.41) is 12.0. The van der Waals surface area contributed by atoms with Crippen LogP contribution in [0, 0.1) is 5.92 Å². The predicted octanol–water partition coefficient (Wildman–Crippen LogP) is 1.89. The van der Waals surface area contributed by atoms with Crippen molar-refractivity contribution in [3.05, 3.63) is 0 Å². The van der Waals surface area contributed by atoms with Crippen LogP contribution in [0.15, 0.2) is 0 Å². The third-order valence-electron chi connectivity index (χ3n) is 3.09. The van der Waals surface area contributed by atoms with E-state index in [-0.39, 0.29) is 18.4 Å². The van der Waals surface area contributed by atoms with Gasteiger partial charge in [-0.15, -0.1) is 0 Å². The number of carbonyl (C=O) groups is 2. The van der Waals surface area contributed by atoms with E-state index >= 15 is 0 Å². The summed E-state index contributed by atoms with van der Waals surface area (Å²) in [5.41, 5.74) is 0. The summed E-state index contributed by atoms with van der Waals surface area (Å²) in [6.07, 6.45) is 2.89. The number of amides is 1. The van der Waals surface area contributed by atoms with E-state index in [9.17, 15) is 9.59 Å². The van der Waals surface area contributed by atoms with E-state index in [2.05, 4.69) is 12.2 Å². The molecular formula is C12H21NO3S. The Labute approximate surface area is 107 Å². The number of hydrogen-bond acceptors (Lipinski definition) is 3. The van der Waals surface area contributed by atoms with E-state index < -0.39 is 5.97 Å². The van der Waals surface area contributed by atoms with E-state index in [0.717, 1.165) is 25.0 Å². The zero-order valence-corrected chi connectivity index (χ0v) is 11.3. The minimum Gasteiger partial charge on any atom is -0.481 e. The van der Waals surface area contributed by atoms with Crippen LogP contribution in [0.2, 0.25) is 0 Å². The van der Waals surface area contributed by atoms with Gasteiger partial charge in [0.25, 0.3) is 0 Å². The average Bonchev–Trinajstić information content (AvgIpc) is 2.55. The quantitative estimate of drug-likeness (QED) is 0.715. The van der Waals surface area contributed by atoms with Gasteiger partial charge in [-0.05, 0) is 24.5 Å². The molecule has 1 fully saturated rings. The van der Waals surface area contributed by atoms with Gasteiger partial charge in [-0.2, -0.15) is 11.8 Å². The van der Waals surface area contributed by atoms with Crippen LogP contribution in [0.5, 0.6) is 0 Å². The van der Waals surface area contributed by atoms with Crippen molar-refractivity contribution in [3.63, 3.8) is 0 Å². The second-order valence-electron chi connectivity index (χ2n) is 4.71. The number of unbranched alkanes of at least 4 members (excludes halogenated alkanes) is 1. The van der Waals surface area contributed by atoms with E-state index in [1.54, 1.807) is 6.92 Å². The van der Waals surface area contributed by atoms with Crippen LogP contribution in [0.4, 0.5) is 0 Å². The summed E-state index contributed by atoms with van der Waals surface area (Å²) in [6, 6.07) is 0.252. The van der Waals surface area contributed by atoms with Crippen molar-refractivity contribution in [3.8, 4) is 0 Å². The molecule has 5 heteroatoms. The van der Waals surface area contributed by atoms with Crippen LogP contribution in [-0.2, 0) is 9.59 Å². The molecule has 3 atom stereocenters. The first-order valence-electron chi connectivity index (χ1n) is 6.11. The highest BCUT2D eigenvalue weighted by Gasteiger charge is 2.33. The second kappa shape index (κ2) is 6.89. The minimum atomic E-state index is -0.726. The molecule has 1 heterocycles. The van der Waals surface area contributed by atoms with E-state index in [1.807, 2.05) is 11.8 Å². The largest absolute Gasteiger partial charge is 0.481 e. The molecule has 17 heavy (non-hydrogen) atoms. The molecule has 0 saturated carbocycles. The summed E-state index contributed by atoms with van der Waals surface area (Å²) < 4.78 is 0. The van der Waals surface area contributed by atoms with Gasteiger partial charge in [0.05, 0.1) is 0 Å². The maximum atomic E-state index is 11.1. The summed E-state index contributed by atoms with van der Waals surface area (Å²) in [5.74, 6) is 0.887. The molecule has 1 aliphatic heterocycles. The van der Waals surface area contributed by atoms with Crippen molar-refractivity contribution in [2.75, 3.05) is 5.75 Å². The van der Waals surface area contributed by atoms with Gasteiger partial charge >= 0.3 is 5.97 Å². The highest BCUT2D eigenvalue weighted by atomic mass is 32.2. The molecule has 1 aliphatic rings. The first kappa shape index (κ1) is 14.4. The molecule has 0 aliphatic carbocycles. The van der Waals surface area contributed by atoms with Gasteiger partial charge in [0.15, 0.2) is 0 Å². The standard InChI is InChI=1S/C12H21NO3S/c1-8-7-17-10(12(8)13-9(2)14)5-3-4-6-11(15)16/h8,10,12H,3-7H2,1-2H3,(H,13,14)(H,15,16). The third-order valence-corrected chi connectivity index (χ3v) is 4.76. The highest BCUT2D eigenvalue weighted by molar-refractivity contribution is 8.00. The van der Waals surface area contributed by atoms with Crippen LogP contribution in [0.3, 0.4) is 0 Å². The Morgan fingerprint density at radius 3 is 2.71 bits per heavy atom. The molecule has 4 nitrogen and oxygen atoms in total. The van der Waals surface area contributed by atoms with Crippen LogP contribution in [-0.4, -0.2) is 34.0 Å². The number of rotatable bonds is 6. The monoisotopic (exact) mass is 259 g/mol. The lowest BCUT2D eigenvalue weighted by Crippen LogP contribution is -2.41. The maximum Gasteiger partial charge on any atom is 0.303 e. The average molecular weight is 259 g/mol. The molecule has 98 valence electrons. The Kier molecular flexibility index (Phi) is 5.82. The molecule has 0 aromatic rings. The molecule has 3 unspecified atom stereocenters. The van der Waals surface area contributed by atoms with Gasteiger partial charge in [0.2, 0.25) is 5.91 Å². The molecule has 0 bridgehead atoms. The number of aliphatic carboxylic acids is 1. The first-order valence-corrected chi connectivity index (χ1v) is 7.16. The molecule has 1 amide bonds. The van der Waals surface area contributed by atoms with Gasteiger partial charge < -0.3 is 10.4 Å².